The monoisotopic (exact) mass is 194 g/mol. The van der Waals surface area contributed by atoms with E-state index < -0.39 is 10.0 Å². The minimum atomic E-state index is -3.52. The van der Waals surface area contributed by atoms with Crippen molar-refractivity contribution in [1.29, 1.82) is 0 Å². The fourth-order valence-electron chi connectivity index (χ4n) is 0.728. The molecule has 0 heterocycles. The molecule has 1 radical (unpaired) electrons. The van der Waals surface area contributed by atoms with E-state index in [1.807, 2.05) is 6.92 Å². The van der Waals surface area contributed by atoms with Crippen LogP contribution in [0.25, 0.3) is 0 Å². The third-order valence-corrected chi connectivity index (χ3v) is 2.28. The van der Waals surface area contributed by atoms with Gasteiger partial charge in [-0.1, -0.05) is 17.7 Å². The molecular formula is C7H9NNaO2S. The zero-order valence-corrected chi connectivity index (χ0v) is 9.93. The number of sulfonamides is 1. The van der Waals surface area contributed by atoms with Gasteiger partial charge in [-0.05, 0) is 19.1 Å². The van der Waals surface area contributed by atoms with Gasteiger partial charge in [0.1, 0.15) is 0 Å². The van der Waals surface area contributed by atoms with Gasteiger partial charge < -0.3 is 0 Å². The summed E-state index contributed by atoms with van der Waals surface area (Å²) in [5, 5.41) is 4.88. The molecule has 0 aliphatic rings. The van der Waals surface area contributed by atoms with E-state index in [0.29, 0.717) is 0 Å². The summed E-state index contributed by atoms with van der Waals surface area (Å²) in [6, 6.07) is 6.40. The predicted molar refractivity (Wildman–Crippen MR) is 48.3 cm³/mol. The summed E-state index contributed by atoms with van der Waals surface area (Å²) >= 11 is 0. The van der Waals surface area contributed by atoms with E-state index in [2.05, 4.69) is 0 Å². The first kappa shape index (κ1) is 12.1. The topological polar surface area (TPSA) is 60.2 Å². The van der Waals surface area contributed by atoms with Crippen LogP contribution in [0.1, 0.15) is 5.56 Å². The van der Waals surface area contributed by atoms with Crippen molar-refractivity contribution < 1.29 is 8.42 Å². The molecule has 0 unspecified atom stereocenters. The van der Waals surface area contributed by atoms with E-state index in [0.717, 1.165) is 5.56 Å². The summed E-state index contributed by atoms with van der Waals surface area (Å²) in [4.78, 5) is 0.156. The SMILES string of the molecule is Cc1ccc(S(N)(=O)=O)cc1.[Na]. The van der Waals surface area contributed by atoms with E-state index in [1.165, 1.54) is 12.1 Å². The molecule has 1 rings (SSSR count). The van der Waals surface area contributed by atoms with Gasteiger partial charge in [-0.2, -0.15) is 0 Å². The summed E-state index contributed by atoms with van der Waals surface area (Å²) in [7, 11) is -3.52. The third kappa shape index (κ3) is 3.25. The molecule has 0 amide bonds. The van der Waals surface area contributed by atoms with Crippen molar-refractivity contribution in [2.45, 2.75) is 11.8 Å². The van der Waals surface area contributed by atoms with Gasteiger partial charge in [0.25, 0.3) is 0 Å². The Morgan fingerprint density at radius 1 is 1.17 bits per heavy atom. The molecule has 0 saturated carbocycles. The molecule has 61 valence electrons. The summed E-state index contributed by atoms with van der Waals surface area (Å²) < 4.78 is 21.4. The second-order valence-corrected chi connectivity index (χ2v) is 3.92. The first-order valence-electron chi connectivity index (χ1n) is 3.09. The minimum Gasteiger partial charge on any atom is -0.225 e. The molecule has 0 bridgehead atoms. The molecule has 0 aromatic heterocycles. The van der Waals surface area contributed by atoms with Crippen molar-refractivity contribution in [2.24, 2.45) is 5.14 Å². The van der Waals surface area contributed by atoms with Crippen LogP contribution in [0, 0.1) is 6.92 Å². The van der Waals surface area contributed by atoms with Gasteiger partial charge in [-0.25, -0.2) is 13.6 Å². The fourth-order valence-corrected chi connectivity index (χ4v) is 1.24. The third-order valence-electron chi connectivity index (χ3n) is 1.35. The number of hydrogen-bond acceptors (Lipinski definition) is 2. The van der Waals surface area contributed by atoms with Gasteiger partial charge >= 0.3 is 0 Å². The minimum absolute atomic E-state index is 0. The van der Waals surface area contributed by atoms with Gasteiger partial charge in [-0.15, -0.1) is 0 Å². The predicted octanol–water partition coefficient (Wildman–Crippen LogP) is 0.262. The normalized spacial score (nSPS) is 10.5. The Hall–Kier alpha value is 0.130. The van der Waals surface area contributed by atoms with Crippen LogP contribution in [0.3, 0.4) is 0 Å². The van der Waals surface area contributed by atoms with Gasteiger partial charge in [0.05, 0.1) is 4.90 Å². The maximum Gasteiger partial charge on any atom is 0.238 e. The summed E-state index contributed by atoms with van der Waals surface area (Å²) in [5.41, 5.74) is 1.01. The van der Waals surface area contributed by atoms with Crippen molar-refractivity contribution in [1.82, 2.24) is 0 Å². The first-order valence-corrected chi connectivity index (χ1v) is 4.64. The van der Waals surface area contributed by atoms with E-state index >= 15 is 0 Å². The summed E-state index contributed by atoms with van der Waals surface area (Å²) in [6.07, 6.45) is 0. The van der Waals surface area contributed by atoms with Crippen LogP contribution in [-0.2, 0) is 10.0 Å². The van der Waals surface area contributed by atoms with Crippen molar-refractivity contribution >= 4 is 39.6 Å². The Morgan fingerprint density at radius 3 is 1.92 bits per heavy atom. The zero-order chi connectivity index (χ0) is 8.48. The van der Waals surface area contributed by atoms with Gasteiger partial charge in [0, 0.05) is 29.6 Å². The van der Waals surface area contributed by atoms with Crippen molar-refractivity contribution in [3.8, 4) is 0 Å². The van der Waals surface area contributed by atoms with Gasteiger partial charge in [-0.3, -0.25) is 0 Å². The molecular weight excluding hydrogens is 185 g/mol. The maximum atomic E-state index is 10.7. The summed E-state index contributed by atoms with van der Waals surface area (Å²) in [5.74, 6) is 0. The molecule has 2 N–H and O–H groups in total. The number of nitrogens with two attached hydrogens (primary N) is 1. The van der Waals surface area contributed by atoms with Crippen LogP contribution in [-0.4, -0.2) is 38.0 Å². The first-order chi connectivity index (χ1) is 5.00. The number of hydrogen-bond donors (Lipinski definition) is 1. The van der Waals surface area contributed by atoms with Crippen LogP contribution < -0.4 is 5.14 Å². The summed E-state index contributed by atoms with van der Waals surface area (Å²) in [6.45, 7) is 1.88. The molecule has 1 aromatic rings. The molecule has 0 fully saturated rings. The Balaban J connectivity index is 0.00000121. The zero-order valence-electron chi connectivity index (χ0n) is 7.11. The average Bonchev–Trinajstić information content (AvgIpc) is 1.86. The van der Waals surface area contributed by atoms with Gasteiger partial charge in [0.15, 0.2) is 0 Å². The molecule has 0 aliphatic carbocycles. The maximum absolute atomic E-state index is 10.7. The van der Waals surface area contributed by atoms with E-state index in [9.17, 15) is 8.42 Å². The van der Waals surface area contributed by atoms with Crippen LogP contribution in [0.2, 0.25) is 0 Å². The largest absolute Gasteiger partial charge is 0.238 e. The molecule has 3 nitrogen and oxygen atoms in total. The number of aryl methyl sites for hydroxylation is 1. The molecule has 0 saturated heterocycles. The Bertz CT molecular complexity index is 344. The fraction of sp³-hybridized carbons (Fsp3) is 0.143. The van der Waals surface area contributed by atoms with Crippen LogP contribution in [0.4, 0.5) is 0 Å². The second-order valence-electron chi connectivity index (χ2n) is 2.36. The smallest absolute Gasteiger partial charge is 0.225 e. The molecule has 0 atom stereocenters. The standard InChI is InChI=1S/C7H9NO2S.Na/c1-6-2-4-7(5-3-6)11(8,9)10;/h2-5H,1H3,(H2,8,9,10);. The average molecular weight is 194 g/mol. The van der Waals surface area contributed by atoms with Gasteiger partial charge in [0.2, 0.25) is 10.0 Å². The second kappa shape index (κ2) is 4.39. The van der Waals surface area contributed by atoms with E-state index in [4.69, 9.17) is 5.14 Å². The number of benzene rings is 1. The van der Waals surface area contributed by atoms with Crippen LogP contribution in [0.5, 0.6) is 0 Å². The van der Waals surface area contributed by atoms with Crippen molar-refractivity contribution in [3.63, 3.8) is 0 Å². The van der Waals surface area contributed by atoms with E-state index in [1.54, 1.807) is 12.1 Å². The van der Waals surface area contributed by atoms with Crippen LogP contribution >= 0.6 is 0 Å². The molecule has 1 aromatic carbocycles. The molecule has 5 heteroatoms. The Labute approximate surface area is 94.3 Å². The Kier molecular flexibility index (Phi) is 4.44. The number of primary sulfonamides is 1. The van der Waals surface area contributed by atoms with Crippen molar-refractivity contribution in [3.05, 3.63) is 29.8 Å². The molecule has 0 aliphatic heterocycles. The quantitative estimate of drug-likeness (QED) is 0.652. The molecule has 12 heavy (non-hydrogen) atoms. The van der Waals surface area contributed by atoms with E-state index in [-0.39, 0.29) is 34.5 Å². The van der Waals surface area contributed by atoms with Crippen molar-refractivity contribution in [2.75, 3.05) is 0 Å². The Morgan fingerprint density at radius 2 is 1.58 bits per heavy atom. The number of rotatable bonds is 1. The molecule has 0 spiro atoms. The van der Waals surface area contributed by atoms with Crippen LogP contribution in [0.15, 0.2) is 29.2 Å².